The number of unbranched alkanes of at least 4 members (excludes halogenated alkanes) is 2. The molecule has 15 nitrogen and oxygen atoms in total. The maximum atomic E-state index is 13.0. The largest absolute Gasteiger partial charge is 0.496 e. The number of aromatic nitrogens is 3. The first-order valence-electron chi connectivity index (χ1n) is 17.3. The van der Waals surface area contributed by atoms with Crippen LogP contribution in [0.2, 0.25) is 0 Å². The van der Waals surface area contributed by atoms with Crippen LogP contribution in [0.15, 0.2) is 30.5 Å². The number of carboxylic acid groups (broad SMARTS) is 1. The number of carbonyl (C=O) groups is 4. The number of hydrogen-bond acceptors (Lipinski definition) is 12. The van der Waals surface area contributed by atoms with Crippen molar-refractivity contribution in [1.29, 1.82) is 0 Å². The lowest BCUT2D eigenvalue weighted by Gasteiger charge is -2.35. The number of carbonyl (C=O) groups excluding carboxylic acids is 3. The number of ether oxygens (including phenoxy) is 1. The van der Waals surface area contributed by atoms with E-state index in [9.17, 15) is 19.2 Å². The molecule has 6 N–H and O–H groups in total. The predicted molar refractivity (Wildman–Crippen MR) is 199 cm³/mol. The van der Waals surface area contributed by atoms with Crippen LogP contribution in [0.1, 0.15) is 50.2 Å². The maximum Gasteiger partial charge on any atom is 0.321 e. The van der Waals surface area contributed by atoms with Gasteiger partial charge in [0.1, 0.15) is 23.6 Å². The number of piperazine rings is 1. The fraction of sp³-hybridized carbons (Fsp3) is 0.543. The van der Waals surface area contributed by atoms with Gasteiger partial charge in [-0.3, -0.25) is 19.3 Å². The number of thioether (sulfide) groups is 1. The molecule has 3 heterocycles. The molecule has 3 aromatic rings. The average Bonchev–Trinajstić information content (AvgIpc) is 3.53. The van der Waals surface area contributed by atoms with Gasteiger partial charge in [0.15, 0.2) is 5.82 Å². The second-order valence-corrected chi connectivity index (χ2v) is 14.0. The van der Waals surface area contributed by atoms with Gasteiger partial charge in [0.25, 0.3) is 0 Å². The number of benzene rings is 1. The predicted octanol–water partition coefficient (Wildman–Crippen LogP) is 2.27. The highest BCUT2D eigenvalue weighted by atomic mass is 32.2. The first-order chi connectivity index (χ1) is 24.5. The van der Waals surface area contributed by atoms with Gasteiger partial charge in [0.2, 0.25) is 17.8 Å². The Kier molecular flexibility index (Phi) is 14.9. The number of anilines is 2. The van der Waals surface area contributed by atoms with Crippen LogP contribution in [0.3, 0.4) is 0 Å². The minimum Gasteiger partial charge on any atom is -0.496 e. The van der Waals surface area contributed by atoms with E-state index >= 15 is 0 Å². The quantitative estimate of drug-likeness (QED) is 0.0977. The summed E-state index contributed by atoms with van der Waals surface area (Å²) in [6.07, 6.45) is 6.04. The molecule has 0 bridgehead atoms. The van der Waals surface area contributed by atoms with Gasteiger partial charge in [-0.25, -0.2) is 4.98 Å². The number of carboxylic acids is 1. The molecule has 0 radical (unpaired) electrons. The first-order valence-corrected chi connectivity index (χ1v) is 18.4. The fourth-order valence-corrected chi connectivity index (χ4v) is 6.83. The van der Waals surface area contributed by atoms with Crippen molar-refractivity contribution in [3.63, 3.8) is 0 Å². The van der Waals surface area contributed by atoms with E-state index in [0.717, 1.165) is 71.3 Å². The van der Waals surface area contributed by atoms with Crippen LogP contribution in [0.5, 0.6) is 5.75 Å². The number of nitrogens with one attached hydrogen (secondary N) is 1. The van der Waals surface area contributed by atoms with Gasteiger partial charge in [-0.15, -0.1) is 11.8 Å². The lowest BCUT2D eigenvalue weighted by Crippen LogP contribution is -2.48. The van der Waals surface area contributed by atoms with Crippen molar-refractivity contribution in [1.82, 2.24) is 29.2 Å². The summed E-state index contributed by atoms with van der Waals surface area (Å²) in [5, 5.41) is 11.7. The number of amides is 2. The molecule has 1 aliphatic heterocycles. The number of aliphatic carboxylic acids is 1. The van der Waals surface area contributed by atoms with Crippen LogP contribution in [0, 0.1) is 0 Å². The van der Waals surface area contributed by atoms with Crippen LogP contribution in [-0.4, -0.2) is 129 Å². The molecule has 0 spiro atoms. The van der Waals surface area contributed by atoms with Crippen LogP contribution in [-0.2, 0) is 32.3 Å². The van der Waals surface area contributed by atoms with Crippen LogP contribution in [0.25, 0.3) is 11.0 Å². The third kappa shape index (κ3) is 11.3. The Bertz CT molecular complexity index is 1650. The molecule has 2 aromatic heterocycles. The van der Waals surface area contributed by atoms with Crippen LogP contribution < -0.4 is 21.5 Å². The smallest absolute Gasteiger partial charge is 0.321 e. The highest BCUT2D eigenvalue weighted by Gasteiger charge is 2.24. The molecular weight excluding hydrogens is 675 g/mol. The van der Waals surface area contributed by atoms with E-state index in [4.69, 9.17) is 21.3 Å². The standard InChI is InChI=1S/C35H51N9O6S/c1-4-5-6-11-38-33-32-28(39-35(37)40-33)9-13-44(32)21-25-8-7-24(18-29(25)50-3)20-42-14-16-43(17-15-42)30(46)10-12-41(2)31(47)19-26(22-45)51-23-27(36)34(48)49/h7-9,13,18,22,26-27H,4-6,10-12,14-17,19-21,23,36H2,1-3H3,(H,48,49)(H3,37,38,39,40). The zero-order chi connectivity index (χ0) is 36.9. The van der Waals surface area contributed by atoms with Crippen LogP contribution >= 0.6 is 11.8 Å². The zero-order valence-electron chi connectivity index (χ0n) is 29.8. The zero-order valence-corrected chi connectivity index (χ0v) is 30.6. The maximum absolute atomic E-state index is 13.0. The number of aldehydes is 1. The third-order valence-electron chi connectivity index (χ3n) is 8.95. The van der Waals surface area contributed by atoms with Crippen molar-refractivity contribution < 1.29 is 29.0 Å². The van der Waals surface area contributed by atoms with Crippen molar-refractivity contribution in [2.24, 2.45) is 5.73 Å². The van der Waals surface area contributed by atoms with E-state index in [1.54, 1.807) is 14.2 Å². The van der Waals surface area contributed by atoms with Gasteiger partial charge in [-0.2, -0.15) is 4.98 Å². The Labute approximate surface area is 303 Å². The Morgan fingerprint density at radius 1 is 1.14 bits per heavy atom. The monoisotopic (exact) mass is 725 g/mol. The molecule has 51 heavy (non-hydrogen) atoms. The number of hydrogen-bond donors (Lipinski definition) is 4. The van der Waals surface area contributed by atoms with Crippen molar-refractivity contribution >= 4 is 58.6 Å². The molecule has 2 atom stereocenters. The molecule has 1 fully saturated rings. The third-order valence-corrected chi connectivity index (χ3v) is 10.2. The number of fused-ring (bicyclic) bond motifs is 1. The molecule has 2 unspecified atom stereocenters. The van der Waals surface area contributed by atoms with Crippen molar-refractivity contribution in [3.05, 3.63) is 41.6 Å². The van der Waals surface area contributed by atoms with Crippen molar-refractivity contribution in [3.8, 4) is 5.75 Å². The summed E-state index contributed by atoms with van der Waals surface area (Å²) in [6, 6.07) is 7.11. The number of nitrogen functional groups attached to an aromatic ring is 1. The van der Waals surface area contributed by atoms with E-state index in [2.05, 4.69) is 49.9 Å². The van der Waals surface area contributed by atoms with E-state index in [1.165, 1.54) is 4.90 Å². The summed E-state index contributed by atoms with van der Waals surface area (Å²) < 4.78 is 7.93. The molecule has 1 saturated heterocycles. The first kappa shape index (κ1) is 39.4. The van der Waals surface area contributed by atoms with Gasteiger partial charge in [0, 0.05) is 83.2 Å². The molecule has 1 aliphatic rings. The number of methoxy groups -OCH3 is 1. The summed E-state index contributed by atoms with van der Waals surface area (Å²) in [4.78, 5) is 62.4. The molecule has 0 aliphatic carbocycles. The minimum atomic E-state index is -1.16. The van der Waals surface area contributed by atoms with E-state index in [-0.39, 0.29) is 42.9 Å². The number of nitrogens with zero attached hydrogens (tertiary/aromatic N) is 6. The lowest BCUT2D eigenvalue weighted by atomic mass is 10.1. The highest BCUT2D eigenvalue weighted by molar-refractivity contribution is 8.00. The average molecular weight is 726 g/mol. The van der Waals surface area contributed by atoms with Gasteiger partial charge >= 0.3 is 5.97 Å². The van der Waals surface area contributed by atoms with E-state index < -0.39 is 17.3 Å². The fourth-order valence-electron chi connectivity index (χ4n) is 5.90. The Balaban J connectivity index is 1.26. The normalized spacial score (nSPS) is 14.6. The second-order valence-electron chi connectivity index (χ2n) is 12.8. The molecule has 1 aromatic carbocycles. The van der Waals surface area contributed by atoms with Gasteiger partial charge in [-0.1, -0.05) is 31.9 Å². The van der Waals surface area contributed by atoms with Gasteiger partial charge in [0.05, 0.1) is 24.4 Å². The van der Waals surface area contributed by atoms with Crippen molar-refractivity contribution in [2.45, 2.75) is 63.4 Å². The summed E-state index contributed by atoms with van der Waals surface area (Å²) >= 11 is 1.04. The SMILES string of the molecule is CCCCCNc1nc(N)nc2ccn(Cc3ccc(CN4CCN(C(=O)CCN(C)C(=O)CC(C=O)SCC(N)C(=O)O)CC4)cc3OC)c12. The number of nitrogens with two attached hydrogens (primary N) is 2. The summed E-state index contributed by atoms with van der Waals surface area (Å²) in [7, 11) is 3.27. The number of rotatable bonds is 20. The van der Waals surface area contributed by atoms with Gasteiger partial charge < -0.3 is 45.8 Å². The van der Waals surface area contributed by atoms with E-state index in [0.29, 0.717) is 45.6 Å². The molecule has 278 valence electrons. The topological polar surface area (TPSA) is 202 Å². The molecule has 16 heteroatoms. The molecule has 2 amide bonds. The summed E-state index contributed by atoms with van der Waals surface area (Å²) in [5.41, 5.74) is 15.3. The second kappa shape index (κ2) is 19.3. The summed E-state index contributed by atoms with van der Waals surface area (Å²) in [5.74, 6) is 0.303. The summed E-state index contributed by atoms with van der Waals surface area (Å²) in [6.45, 7) is 7.10. The van der Waals surface area contributed by atoms with Crippen molar-refractivity contribution in [2.75, 3.05) is 70.2 Å². The molecule has 4 rings (SSSR count). The molecule has 0 saturated carbocycles. The minimum absolute atomic E-state index is 0.0238. The Morgan fingerprint density at radius 3 is 2.59 bits per heavy atom. The molecular formula is C35H51N9O6S. The van der Waals surface area contributed by atoms with Gasteiger partial charge in [-0.05, 0) is 24.1 Å². The Morgan fingerprint density at radius 2 is 1.90 bits per heavy atom. The van der Waals surface area contributed by atoms with E-state index in [1.807, 2.05) is 17.2 Å². The highest BCUT2D eigenvalue weighted by Crippen LogP contribution is 2.28. The Hall–Kier alpha value is -4.41. The lowest BCUT2D eigenvalue weighted by molar-refractivity contribution is -0.138. The van der Waals surface area contributed by atoms with Crippen LogP contribution in [0.4, 0.5) is 11.8 Å².